The molecule has 1 aliphatic rings. The number of benzene rings is 4. The van der Waals surface area contributed by atoms with Gasteiger partial charge in [-0.15, -0.1) is 0 Å². The number of anilines is 3. The molecule has 0 unspecified atom stereocenters. The molecule has 0 saturated heterocycles. The fourth-order valence-electron chi connectivity index (χ4n) is 4.51. The molecule has 2 heterocycles. The molecule has 33 heavy (non-hydrogen) atoms. The van der Waals surface area contributed by atoms with Crippen LogP contribution in [0.15, 0.2) is 101 Å². The van der Waals surface area contributed by atoms with Crippen molar-refractivity contribution >= 4 is 39.7 Å². The molecule has 162 valence electrons. The van der Waals surface area contributed by atoms with Gasteiger partial charge in [0.2, 0.25) is 0 Å². The Morgan fingerprint density at radius 1 is 0.697 bits per heavy atom. The van der Waals surface area contributed by atoms with Crippen LogP contribution in [-0.4, -0.2) is 19.2 Å². The number of rotatable bonds is 4. The summed E-state index contributed by atoms with van der Waals surface area (Å²) in [5.41, 5.74) is 6.63. The molecule has 0 saturated carbocycles. The van der Waals surface area contributed by atoms with Crippen LogP contribution in [0, 0.1) is 0 Å². The van der Waals surface area contributed by atoms with Gasteiger partial charge in [-0.05, 0) is 48.5 Å². The second-order valence-corrected chi connectivity index (χ2v) is 8.92. The van der Waals surface area contributed by atoms with E-state index in [1.54, 1.807) is 14.2 Å². The summed E-state index contributed by atoms with van der Waals surface area (Å²) < 4.78 is 11.1. The number of aromatic amines is 1. The van der Waals surface area contributed by atoms with Crippen LogP contribution in [0.1, 0.15) is 0 Å². The van der Waals surface area contributed by atoms with E-state index in [1.165, 1.54) is 26.6 Å². The van der Waals surface area contributed by atoms with E-state index in [4.69, 9.17) is 9.47 Å². The van der Waals surface area contributed by atoms with Gasteiger partial charge in [0.15, 0.2) is 11.5 Å². The van der Waals surface area contributed by atoms with Gasteiger partial charge in [-0.3, -0.25) is 0 Å². The lowest BCUT2D eigenvalue weighted by Crippen LogP contribution is -2.15. The molecule has 5 aromatic rings. The van der Waals surface area contributed by atoms with E-state index in [-0.39, 0.29) is 0 Å². The van der Waals surface area contributed by atoms with Crippen LogP contribution in [0.4, 0.5) is 17.1 Å². The van der Waals surface area contributed by atoms with Crippen molar-refractivity contribution in [3.8, 4) is 22.8 Å². The van der Waals surface area contributed by atoms with Crippen molar-refractivity contribution < 1.29 is 9.47 Å². The highest BCUT2D eigenvalue weighted by atomic mass is 32.2. The Bertz CT molecular complexity index is 1450. The standard InChI is InChI=1S/C28H22N2O2S/c1-31-23-16-15-18(17-24(23)32-2)27-28(19-9-3-4-10-20(19)29-27)30-21-11-5-7-13-25(21)33-26-14-8-6-12-22(26)30/h3-17,29H,1-2H3. The molecule has 5 heteroatoms. The van der Waals surface area contributed by atoms with Crippen molar-refractivity contribution in [2.24, 2.45) is 0 Å². The van der Waals surface area contributed by atoms with E-state index in [9.17, 15) is 0 Å². The van der Waals surface area contributed by atoms with Gasteiger partial charge in [-0.25, -0.2) is 0 Å². The van der Waals surface area contributed by atoms with E-state index in [0.29, 0.717) is 11.5 Å². The lowest BCUT2D eigenvalue weighted by molar-refractivity contribution is 0.355. The first-order valence-corrected chi connectivity index (χ1v) is 11.6. The van der Waals surface area contributed by atoms with Gasteiger partial charge >= 0.3 is 0 Å². The second-order valence-electron chi connectivity index (χ2n) is 7.84. The summed E-state index contributed by atoms with van der Waals surface area (Å²) in [6.45, 7) is 0. The molecule has 0 bridgehead atoms. The highest BCUT2D eigenvalue weighted by molar-refractivity contribution is 7.99. The molecule has 4 nitrogen and oxygen atoms in total. The summed E-state index contributed by atoms with van der Waals surface area (Å²) in [6.07, 6.45) is 0. The topological polar surface area (TPSA) is 37.5 Å². The van der Waals surface area contributed by atoms with E-state index < -0.39 is 0 Å². The first kappa shape index (κ1) is 19.8. The molecule has 0 fully saturated rings. The molecule has 0 spiro atoms. The first-order valence-electron chi connectivity index (χ1n) is 10.8. The summed E-state index contributed by atoms with van der Waals surface area (Å²) in [5, 5.41) is 1.17. The third kappa shape index (κ3) is 3.16. The van der Waals surface area contributed by atoms with Crippen LogP contribution in [0.2, 0.25) is 0 Å². The number of fused-ring (bicyclic) bond motifs is 3. The Hall–Kier alpha value is -3.83. The first-order chi connectivity index (χ1) is 16.3. The number of nitrogens with one attached hydrogen (secondary N) is 1. The Kier molecular flexibility index (Phi) is 4.77. The zero-order valence-corrected chi connectivity index (χ0v) is 19.1. The molecule has 4 aromatic carbocycles. The molecule has 0 radical (unpaired) electrons. The Morgan fingerprint density at radius 3 is 2.03 bits per heavy atom. The highest BCUT2D eigenvalue weighted by Crippen LogP contribution is 2.54. The van der Waals surface area contributed by atoms with Gasteiger partial charge in [0, 0.05) is 26.3 Å². The molecule has 6 rings (SSSR count). The van der Waals surface area contributed by atoms with E-state index in [2.05, 4.69) is 88.7 Å². The number of methoxy groups -OCH3 is 2. The van der Waals surface area contributed by atoms with Crippen molar-refractivity contribution in [3.05, 3.63) is 91.0 Å². The highest BCUT2D eigenvalue weighted by Gasteiger charge is 2.29. The molecule has 0 atom stereocenters. The van der Waals surface area contributed by atoms with Gasteiger partial charge in [0.1, 0.15) is 0 Å². The van der Waals surface area contributed by atoms with Crippen molar-refractivity contribution in [3.63, 3.8) is 0 Å². The normalized spacial score (nSPS) is 12.4. The van der Waals surface area contributed by atoms with Crippen LogP contribution >= 0.6 is 11.8 Å². The number of hydrogen-bond acceptors (Lipinski definition) is 4. The molecule has 1 aromatic heterocycles. The second kappa shape index (κ2) is 7.94. The van der Waals surface area contributed by atoms with Crippen LogP contribution in [0.25, 0.3) is 22.2 Å². The lowest BCUT2D eigenvalue weighted by Gasteiger charge is -2.33. The molecular formula is C28H22N2O2S. The van der Waals surface area contributed by atoms with Crippen LogP contribution < -0.4 is 14.4 Å². The average molecular weight is 451 g/mol. The van der Waals surface area contributed by atoms with Crippen LogP contribution in [-0.2, 0) is 0 Å². The van der Waals surface area contributed by atoms with Crippen molar-refractivity contribution in [1.82, 2.24) is 4.98 Å². The number of H-pyrrole nitrogens is 1. The minimum absolute atomic E-state index is 0.703. The van der Waals surface area contributed by atoms with Gasteiger partial charge in [0.05, 0.1) is 37.0 Å². The van der Waals surface area contributed by atoms with Gasteiger partial charge < -0.3 is 19.4 Å². The SMILES string of the molecule is COc1ccc(-c2[nH]c3ccccc3c2N2c3ccccc3Sc3ccccc32)cc1OC. The average Bonchev–Trinajstić information content (AvgIpc) is 3.26. The van der Waals surface area contributed by atoms with Crippen molar-refractivity contribution in [2.45, 2.75) is 9.79 Å². The Balaban J connectivity index is 1.67. The zero-order valence-electron chi connectivity index (χ0n) is 18.3. The van der Waals surface area contributed by atoms with Crippen LogP contribution in [0.5, 0.6) is 11.5 Å². The van der Waals surface area contributed by atoms with E-state index in [1.807, 2.05) is 23.9 Å². The maximum Gasteiger partial charge on any atom is 0.161 e. The smallest absolute Gasteiger partial charge is 0.161 e. The van der Waals surface area contributed by atoms with E-state index in [0.717, 1.165) is 22.5 Å². The molecule has 1 N–H and O–H groups in total. The fraction of sp³-hybridized carbons (Fsp3) is 0.0714. The zero-order chi connectivity index (χ0) is 22.4. The molecular weight excluding hydrogens is 428 g/mol. The predicted molar refractivity (Wildman–Crippen MR) is 136 cm³/mol. The summed E-state index contributed by atoms with van der Waals surface area (Å²) in [5.74, 6) is 1.42. The Labute approximate surface area is 196 Å². The van der Waals surface area contributed by atoms with Gasteiger partial charge in [0.25, 0.3) is 0 Å². The lowest BCUT2D eigenvalue weighted by atomic mass is 10.1. The number of hydrogen-bond donors (Lipinski definition) is 1. The van der Waals surface area contributed by atoms with Crippen molar-refractivity contribution in [2.75, 3.05) is 19.1 Å². The van der Waals surface area contributed by atoms with Gasteiger partial charge in [-0.1, -0.05) is 54.2 Å². The summed E-state index contributed by atoms with van der Waals surface area (Å²) in [4.78, 5) is 8.54. The van der Waals surface area contributed by atoms with Crippen LogP contribution in [0.3, 0.4) is 0 Å². The maximum absolute atomic E-state index is 5.61. The third-order valence-electron chi connectivity index (χ3n) is 6.01. The minimum Gasteiger partial charge on any atom is -0.493 e. The minimum atomic E-state index is 0.703. The molecule has 0 amide bonds. The predicted octanol–water partition coefficient (Wildman–Crippen LogP) is 7.79. The van der Waals surface area contributed by atoms with Gasteiger partial charge in [-0.2, -0.15) is 0 Å². The van der Waals surface area contributed by atoms with E-state index >= 15 is 0 Å². The Morgan fingerprint density at radius 2 is 1.33 bits per heavy atom. The summed E-state index contributed by atoms with van der Waals surface area (Å²) in [7, 11) is 3.33. The number of aromatic nitrogens is 1. The number of ether oxygens (including phenoxy) is 2. The fourth-order valence-corrected chi connectivity index (χ4v) is 5.56. The molecule has 1 aliphatic heterocycles. The monoisotopic (exact) mass is 450 g/mol. The maximum atomic E-state index is 5.61. The quantitative estimate of drug-likeness (QED) is 0.297. The van der Waals surface area contributed by atoms with Crippen molar-refractivity contribution in [1.29, 1.82) is 0 Å². The summed E-state index contributed by atoms with van der Waals surface area (Å²) >= 11 is 1.81. The summed E-state index contributed by atoms with van der Waals surface area (Å²) in [6, 6.07) is 31.7. The third-order valence-corrected chi connectivity index (χ3v) is 7.14. The largest absolute Gasteiger partial charge is 0.493 e. The molecule has 0 aliphatic carbocycles. The number of nitrogens with zero attached hydrogens (tertiary/aromatic N) is 1. The number of para-hydroxylation sites is 3.